The SMILES string of the molecule is c1ccc2c(c1)Cc1c-2ccc2c1Cc1cc3c(cc1-2)Cc1cccc2c1N3c1ccncc1C2.c1ccc2c(c1)Cc1c-2ccc2c1Cc1cc3c(cc1-2)Cc1cccc2c1N3c1cnccc1C2.c1ccc2c(c1)Cc1c-2ccc2c1Cc1cc3c(cc1-2)Cc1cccc2c1N3c1ncccc1C2.c1ccc2c(c1)Cc1ccc3c(c1-2)Cc1cc2c(cc1-3)Cc1cccc3c1N2c1cccnc1C3. The Bertz CT molecular complexity index is 8510. The van der Waals surface area contributed by atoms with Crippen LogP contribution < -0.4 is 19.6 Å². The van der Waals surface area contributed by atoms with Crippen molar-refractivity contribution >= 4 is 68.4 Å². The Morgan fingerprint density at radius 1 is 0.157 bits per heavy atom. The lowest BCUT2D eigenvalue weighted by Gasteiger charge is -2.39. The minimum atomic E-state index is 0.910. The van der Waals surface area contributed by atoms with Gasteiger partial charge in [-0.2, -0.15) is 0 Å². The molecule has 0 unspecified atom stereocenters. The van der Waals surface area contributed by atoms with E-state index in [1.165, 1.54) is 330 Å². The molecule has 0 saturated heterocycles. The number of fused-ring (bicyclic) bond motifs is 44. The van der Waals surface area contributed by atoms with E-state index in [-0.39, 0.29) is 0 Å². The van der Waals surface area contributed by atoms with Gasteiger partial charge in [-0.25, -0.2) is 4.98 Å². The highest BCUT2D eigenvalue weighted by Crippen LogP contribution is 2.62. The van der Waals surface area contributed by atoms with E-state index in [0.717, 1.165) is 109 Å². The molecule has 36 rings (SSSR count). The molecule has 0 amide bonds. The summed E-state index contributed by atoms with van der Waals surface area (Å²) in [6.45, 7) is 0. The third-order valence-electron chi connectivity index (χ3n) is 34.4. The van der Waals surface area contributed by atoms with Gasteiger partial charge in [0.1, 0.15) is 5.82 Å². The average molecular weight is 1790 g/mol. The molecule has 4 aromatic heterocycles. The molecule has 8 heteroatoms. The summed E-state index contributed by atoms with van der Waals surface area (Å²) in [6, 6.07) is 115. The maximum absolute atomic E-state index is 4.87. The first-order chi connectivity index (χ1) is 69.3. The highest BCUT2D eigenvalue weighted by atomic mass is 15.2. The average Bonchev–Trinajstić information content (AvgIpc) is 1.57. The largest absolute Gasteiger partial charge is 0.309 e. The molecule has 0 atom stereocenters. The van der Waals surface area contributed by atoms with Crippen molar-refractivity contribution in [3.8, 4) is 89.0 Å². The van der Waals surface area contributed by atoms with Crippen LogP contribution in [0.15, 0.2) is 340 Å². The van der Waals surface area contributed by atoms with Crippen LogP contribution in [0.1, 0.15) is 178 Å². The van der Waals surface area contributed by atoms with Crippen LogP contribution in [0.5, 0.6) is 0 Å². The zero-order chi connectivity index (χ0) is 90.7. The number of para-hydroxylation sites is 4. The summed E-state index contributed by atoms with van der Waals surface area (Å²) in [5.74, 6) is 1.10. The molecule has 8 aliphatic heterocycles. The molecule has 12 heterocycles. The summed E-state index contributed by atoms with van der Waals surface area (Å²) < 4.78 is 0. The minimum absolute atomic E-state index is 0.910. The maximum atomic E-state index is 4.87. The zero-order valence-corrected chi connectivity index (χ0v) is 77.2. The van der Waals surface area contributed by atoms with Crippen molar-refractivity contribution in [3.63, 3.8) is 0 Å². The van der Waals surface area contributed by atoms with Gasteiger partial charge in [0.2, 0.25) is 0 Å². The molecule has 0 saturated carbocycles. The lowest BCUT2D eigenvalue weighted by molar-refractivity contribution is 0.970. The molecule has 20 aromatic rings. The molecule has 0 bridgehead atoms. The number of pyridine rings is 4. The van der Waals surface area contributed by atoms with Gasteiger partial charge in [0.15, 0.2) is 0 Å². The highest BCUT2D eigenvalue weighted by Gasteiger charge is 2.43. The van der Waals surface area contributed by atoms with Gasteiger partial charge in [-0.05, 0) is 392 Å². The van der Waals surface area contributed by atoms with Gasteiger partial charge in [-0.15, -0.1) is 0 Å². The quantitative estimate of drug-likeness (QED) is 0.149. The fourth-order valence-electron chi connectivity index (χ4n) is 28.4. The summed E-state index contributed by atoms with van der Waals surface area (Å²) >= 11 is 0. The summed E-state index contributed by atoms with van der Waals surface area (Å²) in [4.78, 5) is 28.6. The van der Waals surface area contributed by atoms with Crippen LogP contribution in [0.25, 0.3) is 89.0 Å². The lowest BCUT2D eigenvalue weighted by atomic mass is 9.85. The van der Waals surface area contributed by atoms with Crippen LogP contribution in [-0.2, 0) is 103 Å². The number of hydrogen-bond donors (Lipinski definition) is 0. The fraction of sp³-hybridized carbons (Fsp3) is 0.121. The van der Waals surface area contributed by atoms with Crippen molar-refractivity contribution in [1.82, 2.24) is 19.9 Å². The Balaban J connectivity index is 0.0000000829. The number of benzene rings is 16. The third-order valence-corrected chi connectivity index (χ3v) is 34.4. The Hall–Kier alpha value is -16.7. The maximum Gasteiger partial charge on any atom is 0.141 e. The standard InChI is InChI=1S/4C33H22N2/c1-2-9-25-19(5-1)15-29-26(25)10-11-27-28-17-24-14-21-7-3-6-20-13-22-8-4-12-34-33(22)35(32(20)21)31(24)18-23(28)16-30(27)29;1-2-8-25-19(5-1)13-20-10-11-26-27-16-24-14-21-6-3-7-22-17-29-30(9-4-12-34-29)35(33(21)22)31(24)18-23(27)15-28(26)32(20)25;1-2-7-25-19(4-1)14-29-26(25)8-9-27-28-16-24-13-22-6-3-5-21-12-20-10-11-34-18-32(20)35(33(21)22)31(24)17-23(28)15-30(27)29;1-2-7-25-19(4-1)14-29-26(25)8-9-27-28-16-23-12-20-5-3-6-21-13-24-18-34-11-10-31(24)35(33(20)21)32(23)17-22(28)15-30(27)29/h1-12,17-18H,13-16H2;1-12,16,18H,13-15,17H2;2*1-11,16-18H,12-15H2. The molecule has 8 nitrogen and oxygen atoms in total. The number of anilines is 12. The number of aromatic nitrogens is 4. The van der Waals surface area contributed by atoms with Gasteiger partial charge in [0, 0.05) is 82.4 Å². The van der Waals surface area contributed by atoms with Crippen LogP contribution >= 0.6 is 0 Å². The van der Waals surface area contributed by atoms with E-state index in [1.54, 1.807) is 0 Å². The second-order valence-electron chi connectivity index (χ2n) is 41.5. The third kappa shape index (κ3) is 10.8. The first kappa shape index (κ1) is 76.5. The molecule has 0 fully saturated rings. The van der Waals surface area contributed by atoms with Gasteiger partial charge >= 0.3 is 0 Å². The predicted octanol–water partition coefficient (Wildman–Crippen LogP) is 30.0. The van der Waals surface area contributed by atoms with Crippen LogP contribution in [0.4, 0.5) is 68.4 Å². The first-order valence-corrected chi connectivity index (χ1v) is 50.3. The Kier molecular flexibility index (Phi) is 15.6. The second-order valence-corrected chi connectivity index (χ2v) is 41.5. The molecule has 656 valence electrons. The fourth-order valence-corrected chi connectivity index (χ4v) is 28.4. The normalized spacial score (nSPS) is 14.9. The number of nitrogens with zero attached hydrogens (tertiary/aromatic N) is 8. The van der Waals surface area contributed by atoms with Gasteiger partial charge in [0.25, 0.3) is 0 Å². The number of rotatable bonds is 0. The minimum Gasteiger partial charge on any atom is -0.309 e. The lowest BCUT2D eigenvalue weighted by Crippen LogP contribution is -2.25. The van der Waals surface area contributed by atoms with Gasteiger partial charge in [-0.1, -0.05) is 224 Å². The van der Waals surface area contributed by atoms with Crippen LogP contribution in [0, 0.1) is 0 Å². The molecular weight excluding hydrogens is 1700 g/mol. The first-order valence-electron chi connectivity index (χ1n) is 50.3. The Morgan fingerprint density at radius 3 is 0.979 bits per heavy atom. The topological polar surface area (TPSA) is 64.5 Å². The van der Waals surface area contributed by atoms with Crippen LogP contribution in [-0.4, -0.2) is 19.9 Å². The molecule has 0 spiro atoms. The molecule has 16 aliphatic rings. The van der Waals surface area contributed by atoms with Crippen molar-refractivity contribution in [3.05, 3.63) is 519 Å². The summed E-state index contributed by atoms with van der Waals surface area (Å²) in [7, 11) is 0. The predicted molar refractivity (Wildman–Crippen MR) is 564 cm³/mol. The molecule has 8 aliphatic carbocycles. The summed E-state index contributed by atoms with van der Waals surface area (Å²) in [5.41, 5.74) is 83.6. The molecule has 0 radical (unpaired) electrons. The highest BCUT2D eigenvalue weighted by molar-refractivity contribution is 6.01. The van der Waals surface area contributed by atoms with Gasteiger partial charge in [0.05, 0.1) is 74.5 Å². The molecular formula is C132H88N8. The smallest absolute Gasteiger partial charge is 0.141 e. The van der Waals surface area contributed by atoms with E-state index in [2.05, 4.69) is 339 Å². The van der Waals surface area contributed by atoms with E-state index in [0.29, 0.717) is 0 Å². The molecule has 140 heavy (non-hydrogen) atoms. The van der Waals surface area contributed by atoms with E-state index in [1.807, 2.05) is 31.0 Å². The van der Waals surface area contributed by atoms with E-state index in [4.69, 9.17) is 9.97 Å². The van der Waals surface area contributed by atoms with Gasteiger partial charge in [-0.3, -0.25) is 19.9 Å². The Morgan fingerprint density at radius 2 is 0.486 bits per heavy atom. The van der Waals surface area contributed by atoms with E-state index >= 15 is 0 Å². The summed E-state index contributed by atoms with van der Waals surface area (Å²) in [6.07, 6.45) is 27.9. The van der Waals surface area contributed by atoms with Crippen molar-refractivity contribution < 1.29 is 0 Å². The van der Waals surface area contributed by atoms with Crippen molar-refractivity contribution in [2.75, 3.05) is 19.6 Å². The monoisotopic (exact) mass is 1780 g/mol. The summed E-state index contributed by atoms with van der Waals surface area (Å²) in [5, 5.41) is 0. The Labute approximate surface area is 812 Å². The molecule has 16 aromatic carbocycles. The second kappa shape index (κ2) is 28.5. The molecule has 0 N–H and O–H groups in total. The van der Waals surface area contributed by atoms with Crippen molar-refractivity contribution in [2.24, 2.45) is 0 Å². The van der Waals surface area contributed by atoms with E-state index in [9.17, 15) is 0 Å². The van der Waals surface area contributed by atoms with Crippen molar-refractivity contribution in [2.45, 2.75) is 103 Å². The van der Waals surface area contributed by atoms with E-state index < -0.39 is 0 Å². The number of hydrogen-bond acceptors (Lipinski definition) is 8. The van der Waals surface area contributed by atoms with Gasteiger partial charge < -0.3 is 14.7 Å². The van der Waals surface area contributed by atoms with Crippen LogP contribution in [0.3, 0.4) is 0 Å². The zero-order valence-electron chi connectivity index (χ0n) is 77.2. The van der Waals surface area contributed by atoms with Crippen molar-refractivity contribution in [1.29, 1.82) is 0 Å². The van der Waals surface area contributed by atoms with Crippen LogP contribution in [0.2, 0.25) is 0 Å².